The molecule has 0 saturated heterocycles. The van der Waals surface area contributed by atoms with Crippen LogP contribution in [0.1, 0.15) is 31.1 Å². The Morgan fingerprint density at radius 3 is 2.30 bits per heavy atom. The van der Waals surface area contributed by atoms with Gasteiger partial charge in [-0.2, -0.15) is 0 Å². The molecule has 2 atom stereocenters. The third kappa shape index (κ3) is 5.82. The van der Waals surface area contributed by atoms with Crippen molar-refractivity contribution in [3.05, 3.63) is 29.8 Å². The molecule has 1 rings (SSSR count). The highest BCUT2D eigenvalue weighted by molar-refractivity contribution is 7.84. The van der Waals surface area contributed by atoms with E-state index < -0.39 is 34.8 Å². The lowest BCUT2D eigenvalue weighted by Gasteiger charge is -2.15. The zero-order chi connectivity index (χ0) is 17.6. The molecule has 0 heterocycles. The minimum Gasteiger partial charge on any atom is -0.449 e. The van der Waals surface area contributed by atoms with Crippen molar-refractivity contribution in [2.24, 2.45) is 0 Å². The zero-order valence-electron chi connectivity index (χ0n) is 13.4. The highest BCUT2D eigenvalue weighted by Crippen LogP contribution is 2.14. The monoisotopic (exact) mass is 340 g/mol. The molecule has 126 valence electrons. The quantitative estimate of drug-likeness (QED) is 0.784. The van der Waals surface area contributed by atoms with Gasteiger partial charge in [0.25, 0.3) is 5.91 Å². The van der Waals surface area contributed by atoms with Crippen LogP contribution in [0.3, 0.4) is 0 Å². The lowest BCUT2D eigenvalue weighted by Crippen LogP contribution is -2.46. The summed E-state index contributed by atoms with van der Waals surface area (Å²) in [5, 5.41) is 4.57. The van der Waals surface area contributed by atoms with Crippen molar-refractivity contribution in [2.75, 3.05) is 6.26 Å². The third-order valence-corrected chi connectivity index (χ3v) is 3.70. The van der Waals surface area contributed by atoms with Gasteiger partial charge < -0.3 is 10.1 Å². The van der Waals surface area contributed by atoms with Gasteiger partial charge in [-0.05, 0) is 32.9 Å². The minimum absolute atomic E-state index is 0.125. The number of esters is 1. The summed E-state index contributed by atoms with van der Waals surface area (Å²) >= 11 is 0. The Bertz CT molecular complexity index is 630. The normalized spacial score (nSPS) is 13.1. The molecule has 7 nitrogen and oxygen atoms in total. The number of benzene rings is 1. The van der Waals surface area contributed by atoms with Gasteiger partial charge in [0, 0.05) is 12.3 Å². The number of carbonyl (C=O) groups excluding carboxylic acids is 3. The number of hydrogen-bond donors (Lipinski definition) is 2. The molecule has 0 fully saturated rings. The Hall–Kier alpha value is -2.22. The van der Waals surface area contributed by atoms with E-state index in [9.17, 15) is 18.6 Å². The molecule has 8 heteroatoms. The molecule has 0 aliphatic heterocycles. The molecular weight excluding hydrogens is 320 g/mol. The summed E-state index contributed by atoms with van der Waals surface area (Å²) in [6.45, 7) is 4.84. The number of rotatable bonds is 5. The Morgan fingerprint density at radius 1 is 1.13 bits per heavy atom. The van der Waals surface area contributed by atoms with E-state index in [1.165, 1.54) is 19.2 Å². The van der Waals surface area contributed by atoms with Gasteiger partial charge in [0.05, 0.1) is 21.3 Å². The average molecular weight is 340 g/mol. The van der Waals surface area contributed by atoms with E-state index in [0.717, 1.165) is 0 Å². The van der Waals surface area contributed by atoms with E-state index in [1.807, 2.05) is 0 Å². The van der Waals surface area contributed by atoms with Crippen molar-refractivity contribution in [1.29, 1.82) is 0 Å². The molecule has 0 aliphatic carbocycles. The van der Waals surface area contributed by atoms with Crippen LogP contribution in [0.4, 0.5) is 4.79 Å². The fraction of sp³-hybridized carbons (Fsp3) is 0.400. The van der Waals surface area contributed by atoms with Gasteiger partial charge >= 0.3 is 12.0 Å². The standard InChI is InChI=1S/C15H20N2O5S/c1-9(2)16-15(20)17-13(18)10(3)22-14(19)11-7-5-6-8-12(11)23(4)21/h5-10H,1-4H3,(H2,16,17,18,20)/t10-,23+/m0/s1. The van der Waals surface area contributed by atoms with Gasteiger partial charge in [-0.25, -0.2) is 9.59 Å². The van der Waals surface area contributed by atoms with E-state index in [4.69, 9.17) is 4.74 Å². The maximum atomic E-state index is 12.1. The first-order valence-electron chi connectivity index (χ1n) is 6.97. The molecule has 0 aromatic heterocycles. The summed E-state index contributed by atoms with van der Waals surface area (Å²) < 4.78 is 16.6. The Morgan fingerprint density at radius 2 is 1.74 bits per heavy atom. The molecule has 2 N–H and O–H groups in total. The van der Waals surface area contributed by atoms with Crippen molar-refractivity contribution >= 4 is 28.7 Å². The Balaban J connectivity index is 2.72. The fourth-order valence-electron chi connectivity index (χ4n) is 1.68. The first-order valence-corrected chi connectivity index (χ1v) is 8.53. The number of urea groups is 1. The molecule has 0 radical (unpaired) electrons. The maximum absolute atomic E-state index is 12.1. The SMILES string of the molecule is CC(C)NC(=O)NC(=O)[C@H](C)OC(=O)c1ccccc1[S@@](C)=O. The van der Waals surface area contributed by atoms with Crippen LogP contribution < -0.4 is 10.6 Å². The Kier molecular flexibility index (Phi) is 6.89. The van der Waals surface area contributed by atoms with Crippen LogP contribution in [-0.4, -0.2) is 40.5 Å². The second kappa shape index (κ2) is 8.42. The lowest BCUT2D eigenvalue weighted by atomic mass is 10.2. The van der Waals surface area contributed by atoms with E-state index in [2.05, 4.69) is 10.6 Å². The lowest BCUT2D eigenvalue weighted by molar-refractivity contribution is -0.127. The van der Waals surface area contributed by atoms with Crippen molar-refractivity contribution in [3.63, 3.8) is 0 Å². The molecular formula is C15H20N2O5S. The minimum atomic E-state index is -1.37. The summed E-state index contributed by atoms with van der Waals surface area (Å²) in [4.78, 5) is 35.7. The van der Waals surface area contributed by atoms with Gasteiger partial charge in [-0.15, -0.1) is 0 Å². The van der Waals surface area contributed by atoms with E-state index in [1.54, 1.807) is 32.0 Å². The molecule has 0 unspecified atom stereocenters. The van der Waals surface area contributed by atoms with Crippen LogP contribution in [0.5, 0.6) is 0 Å². The van der Waals surface area contributed by atoms with Gasteiger partial charge in [-0.1, -0.05) is 12.1 Å². The molecule has 0 aliphatic rings. The first-order chi connectivity index (χ1) is 10.7. The van der Waals surface area contributed by atoms with E-state index in [-0.39, 0.29) is 11.6 Å². The molecule has 3 amide bonds. The second-order valence-electron chi connectivity index (χ2n) is 5.12. The first kappa shape index (κ1) is 18.8. The number of ether oxygens (including phenoxy) is 1. The highest BCUT2D eigenvalue weighted by atomic mass is 32.2. The fourth-order valence-corrected chi connectivity index (χ4v) is 2.41. The van der Waals surface area contributed by atoms with Crippen LogP contribution in [0.2, 0.25) is 0 Å². The van der Waals surface area contributed by atoms with Crippen molar-refractivity contribution < 1.29 is 23.3 Å². The smallest absolute Gasteiger partial charge is 0.340 e. The van der Waals surface area contributed by atoms with Crippen LogP contribution in [-0.2, 0) is 20.3 Å². The van der Waals surface area contributed by atoms with E-state index in [0.29, 0.717) is 4.90 Å². The van der Waals surface area contributed by atoms with Crippen molar-refractivity contribution in [3.8, 4) is 0 Å². The van der Waals surface area contributed by atoms with Crippen LogP contribution in [0.25, 0.3) is 0 Å². The number of carbonyl (C=O) groups is 3. The van der Waals surface area contributed by atoms with Crippen molar-refractivity contribution in [1.82, 2.24) is 10.6 Å². The van der Waals surface area contributed by atoms with Crippen LogP contribution in [0.15, 0.2) is 29.2 Å². The predicted molar refractivity (Wildman–Crippen MR) is 85.5 cm³/mol. The molecule has 0 saturated carbocycles. The number of amides is 3. The zero-order valence-corrected chi connectivity index (χ0v) is 14.2. The van der Waals surface area contributed by atoms with Gasteiger partial charge in [-0.3, -0.25) is 14.3 Å². The molecule has 23 heavy (non-hydrogen) atoms. The molecule has 0 spiro atoms. The maximum Gasteiger partial charge on any atom is 0.340 e. The number of nitrogens with one attached hydrogen (secondary N) is 2. The molecule has 1 aromatic rings. The third-order valence-electron chi connectivity index (χ3n) is 2.73. The summed E-state index contributed by atoms with van der Waals surface area (Å²) in [5.41, 5.74) is 0.125. The second-order valence-corrected chi connectivity index (χ2v) is 6.46. The highest BCUT2D eigenvalue weighted by Gasteiger charge is 2.23. The summed E-state index contributed by atoms with van der Waals surface area (Å²) in [6.07, 6.45) is 0.275. The Labute approximate surface area is 137 Å². The predicted octanol–water partition coefficient (Wildman–Crippen LogP) is 1.20. The molecule has 1 aromatic carbocycles. The van der Waals surface area contributed by atoms with Gasteiger partial charge in [0.15, 0.2) is 6.10 Å². The van der Waals surface area contributed by atoms with Crippen LogP contribution >= 0.6 is 0 Å². The largest absolute Gasteiger partial charge is 0.449 e. The summed E-state index contributed by atoms with van der Waals surface area (Å²) in [7, 11) is -1.37. The number of hydrogen-bond acceptors (Lipinski definition) is 5. The summed E-state index contributed by atoms with van der Waals surface area (Å²) in [6, 6.07) is 5.48. The number of imide groups is 1. The van der Waals surface area contributed by atoms with Crippen LogP contribution in [0, 0.1) is 0 Å². The van der Waals surface area contributed by atoms with Gasteiger partial charge in [0.1, 0.15) is 0 Å². The average Bonchev–Trinajstić information content (AvgIpc) is 2.45. The van der Waals surface area contributed by atoms with Crippen molar-refractivity contribution in [2.45, 2.75) is 37.8 Å². The van der Waals surface area contributed by atoms with Gasteiger partial charge in [0.2, 0.25) is 0 Å². The topological polar surface area (TPSA) is 102 Å². The summed E-state index contributed by atoms with van der Waals surface area (Å²) in [5.74, 6) is -1.52. The molecule has 0 bridgehead atoms. The van der Waals surface area contributed by atoms with E-state index >= 15 is 0 Å².